The van der Waals surface area contributed by atoms with Crippen LogP contribution in [0.2, 0.25) is 0 Å². The molecule has 0 saturated heterocycles. The van der Waals surface area contributed by atoms with Gasteiger partial charge < -0.3 is 20.9 Å². The monoisotopic (exact) mass is 457 g/mol. The van der Waals surface area contributed by atoms with E-state index in [0.29, 0.717) is 12.4 Å². The van der Waals surface area contributed by atoms with Gasteiger partial charge in [-0.1, -0.05) is 18.2 Å². The van der Waals surface area contributed by atoms with E-state index in [4.69, 9.17) is 10.5 Å². The van der Waals surface area contributed by atoms with Crippen molar-refractivity contribution in [1.29, 1.82) is 0 Å². The van der Waals surface area contributed by atoms with Gasteiger partial charge in [-0.2, -0.15) is 4.72 Å². The molecule has 9 nitrogen and oxygen atoms in total. The molecule has 2 aromatic carbocycles. The molecular weight excluding hydrogens is 434 g/mol. The Morgan fingerprint density at radius 1 is 1.10 bits per heavy atom. The smallest absolute Gasteiger partial charge is 0.323 e. The molecule has 0 aromatic heterocycles. The molecule has 0 radical (unpaired) electrons. The van der Waals surface area contributed by atoms with Crippen LogP contribution in [0.4, 0.5) is 0 Å². The van der Waals surface area contributed by atoms with Crippen LogP contribution < -0.4 is 20.5 Å². The van der Waals surface area contributed by atoms with Crippen LogP contribution in [0.1, 0.15) is 17.3 Å². The van der Waals surface area contributed by atoms with Gasteiger partial charge in [-0.15, -0.1) is 12.4 Å². The lowest BCUT2D eigenvalue weighted by Gasteiger charge is -2.16. The van der Waals surface area contributed by atoms with Crippen LogP contribution >= 0.6 is 12.4 Å². The minimum atomic E-state index is -4.04. The third-order valence-corrected chi connectivity index (χ3v) is 5.23. The van der Waals surface area contributed by atoms with Gasteiger partial charge in [-0.25, -0.2) is 8.42 Å². The summed E-state index contributed by atoms with van der Waals surface area (Å²) in [6.45, 7) is 1.70. The Balaban J connectivity index is 0.00000450. The predicted octanol–water partition coefficient (Wildman–Crippen LogP) is 0.996. The zero-order chi connectivity index (χ0) is 21.4. The van der Waals surface area contributed by atoms with Gasteiger partial charge in [0.15, 0.2) is 0 Å². The average molecular weight is 458 g/mol. The third kappa shape index (κ3) is 7.64. The molecule has 0 saturated carbocycles. The van der Waals surface area contributed by atoms with Gasteiger partial charge in [-0.05, 0) is 43.3 Å². The molecule has 2 rings (SSSR count). The molecule has 0 spiro atoms. The number of hydrogen-bond acceptors (Lipinski definition) is 6. The normalized spacial score (nSPS) is 12.9. The molecule has 2 atom stereocenters. The number of ether oxygens (including phenoxy) is 1. The Kier molecular flexibility index (Phi) is 9.73. The number of halogens is 1. The molecular formula is C19H24ClN3O6S. The van der Waals surface area contributed by atoms with Crippen LogP contribution in [0, 0.1) is 0 Å². The summed E-state index contributed by atoms with van der Waals surface area (Å²) < 4.78 is 32.1. The minimum absolute atomic E-state index is 0. The number of rotatable bonds is 10. The van der Waals surface area contributed by atoms with Crippen molar-refractivity contribution in [3.63, 3.8) is 0 Å². The standard InChI is InChI=1S/C19H23N3O6S.ClH/c1-13(20)12-28-15-9-7-14(8-10-15)18(23)21-11-17(19(24)25)22-29(26,27)16-5-3-2-4-6-16;/h2-10,13,17,22H,11-12,20H2,1H3,(H,21,23)(H,24,25);1H. The zero-order valence-corrected chi connectivity index (χ0v) is 17.8. The highest BCUT2D eigenvalue weighted by molar-refractivity contribution is 7.89. The van der Waals surface area contributed by atoms with Gasteiger partial charge in [0, 0.05) is 18.2 Å². The number of hydrogen-bond donors (Lipinski definition) is 4. The number of nitrogens with one attached hydrogen (secondary N) is 2. The molecule has 0 aliphatic rings. The maximum absolute atomic E-state index is 12.3. The molecule has 0 heterocycles. The summed E-state index contributed by atoms with van der Waals surface area (Å²) in [5, 5.41) is 11.7. The number of aliphatic carboxylic acids is 1. The Labute approximate surface area is 181 Å². The van der Waals surface area contributed by atoms with Crippen molar-refractivity contribution in [2.24, 2.45) is 5.73 Å². The molecule has 0 aliphatic carbocycles. The fourth-order valence-electron chi connectivity index (χ4n) is 2.26. The highest BCUT2D eigenvalue weighted by atomic mass is 35.5. The van der Waals surface area contributed by atoms with Crippen LogP contribution in [-0.2, 0) is 14.8 Å². The van der Waals surface area contributed by atoms with Crippen LogP contribution in [0.3, 0.4) is 0 Å². The largest absolute Gasteiger partial charge is 0.492 e. The first-order valence-electron chi connectivity index (χ1n) is 8.76. The molecule has 164 valence electrons. The highest BCUT2D eigenvalue weighted by Crippen LogP contribution is 2.12. The number of amides is 1. The van der Waals surface area contributed by atoms with Crippen LogP contribution in [0.5, 0.6) is 5.75 Å². The molecule has 0 fully saturated rings. The van der Waals surface area contributed by atoms with Gasteiger partial charge >= 0.3 is 5.97 Å². The van der Waals surface area contributed by atoms with E-state index in [1.165, 1.54) is 36.4 Å². The molecule has 0 bridgehead atoms. The predicted molar refractivity (Wildman–Crippen MR) is 113 cm³/mol. The van der Waals surface area contributed by atoms with E-state index >= 15 is 0 Å². The first-order chi connectivity index (χ1) is 13.7. The SMILES string of the molecule is CC(N)COc1ccc(C(=O)NCC(NS(=O)(=O)c2ccccc2)C(=O)O)cc1.Cl. The Bertz CT molecular complexity index is 937. The van der Waals surface area contributed by atoms with Crippen LogP contribution in [-0.4, -0.2) is 50.6 Å². The Hall–Kier alpha value is -2.66. The molecule has 1 amide bonds. The van der Waals surface area contributed by atoms with Crippen LogP contribution in [0.25, 0.3) is 0 Å². The van der Waals surface area contributed by atoms with Crippen molar-refractivity contribution in [3.05, 3.63) is 60.2 Å². The van der Waals surface area contributed by atoms with E-state index in [1.54, 1.807) is 25.1 Å². The summed E-state index contributed by atoms with van der Waals surface area (Å²) in [6.07, 6.45) is 0. The van der Waals surface area contributed by atoms with Crippen molar-refractivity contribution in [1.82, 2.24) is 10.0 Å². The lowest BCUT2D eigenvalue weighted by Crippen LogP contribution is -2.48. The number of nitrogens with two attached hydrogens (primary N) is 1. The van der Waals surface area contributed by atoms with E-state index in [0.717, 1.165) is 0 Å². The summed E-state index contributed by atoms with van der Waals surface area (Å²) in [4.78, 5) is 23.6. The van der Waals surface area contributed by atoms with E-state index in [-0.39, 0.29) is 28.9 Å². The van der Waals surface area contributed by atoms with Crippen molar-refractivity contribution >= 4 is 34.3 Å². The number of sulfonamides is 1. The lowest BCUT2D eigenvalue weighted by molar-refractivity contribution is -0.138. The van der Waals surface area contributed by atoms with Crippen LogP contribution in [0.15, 0.2) is 59.5 Å². The van der Waals surface area contributed by atoms with Gasteiger partial charge in [0.1, 0.15) is 18.4 Å². The van der Waals surface area contributed by atoms with Gasteiger partial charge in [-0.3, -0.25) is 9.59 Å². The number of carboxylic acids is 1. The summed E-state index contributed by atoms with van der Waals surface area (Å²) in [7, 11) is -4.04. The Morgan fingerprint density at radius 3 is 2.23 bits per heavy atom. The van der Waals surface area contributed by atoms with Crippen molar-refractivity contribution in [2.45, 2.75) is 23.9 Å². The minimum Gasteiger partial charge on any atom is -0.492 e. The van der Waals surface area contributed by atoms with E-state index in [9.17, 15) is 23.1 Å². The maximum Gasteiger partial charge on any atom is 0.323 e. The number of carbonyl (C=O) groups is 2. The van der Waals surface area contributed by atoms with Crippen molar-refractivity contribution in [2.75, 3.05) is 13.2 Å². The molecule has 5 N–H and O–H groups in total. The van der Waals surface area contributed by atoms with Crippen molar-refractivity contribution in [3.8, 4) is 5.75 Å². The second-order valence-electron chi connectivity index (χ2n) is 6.35. The summed E-state index contributed by atoms with van der Waals surface area (Å²) in [5.41, 5.74) is 5.88. The topological polar surface area (TPSA) is 148 Å². The maximum atomic E-state index is 12.3. The number of carbonyl (C=O) groups excluding carboxylic acids is 1. The summed E-state index contributed by atoms with van der Waals surface area (Å²) in [5.74, 6) is -1.42. The summed E-state index contributed by atoms with van der Waals surface area (Å²) in [6, 6.07) is 11.9. The first-order valence-corrected chi connectivity index (χ1v) is 10.2. The average Bonchev–Trinajstić information content (AvgIpc) is 2.70. The van der Waals surface area contributed by atoms with Crippen molar-refractivity contribution < 1.29 is 27.9 Å². The molecule has 0 aliphatic heterocycles. The quantitative estimate of drug-likeness (QED) is 0.416. The highest BCUT2D eigenvalue weighted by Gasteiger charge is 2.25. The van der Waals surface area contributed by atoms with E-state index < -0.39 is 34.5 Å². The first kappa shape index (κ1) is 25.4. The fourth-order valence-corrected chi connectivity index (χ4v) is 3.47. The number of carboxylic acid groups (broad SMARTS) is 1. The summed E-state index contributed by atoms with van der Waals surface area (Å²) >= 11 is 0. The third-order valence-electron chi connectivity index (χ3n) is 3.75. The fraction of sp³-hybridized carbons (Fsp3) is 0.263. The van der Waals surface area contributed by atoms with Gasteiger partial charge in [0.25, 0.3) is 5.91 Å². The molecule has 30 heavy (non-hydrogen) atoms. The van der Waals surface area contributed by atoms with E-state index in [1.807, 2.05) is 0 Å². The molecule has 2 unspecified atom stereocenters. The lowest BCUT2D eigenvalue weighted by atomic mass is 10.2. The number of benzene rings is 2. The van der Waals surface area contributed by atoms with E-state index in [2.05, 4.69) is 10.0 Å². The zero-order valence-electron chi connectivity index (χ0n) is 16.1. The molecule has 11 heteroatoms. The van der Waals surface area contributed by atoms with Gasteiger partial charge in [0.05, 0.1) is 4.90 Å². The Morgan fingerprint density at radius 2 is 1.70 bits per heavy atom. The van der Waals surface area contributed by atoms with Gasteiger partial charge in [0.2, 0.25) is 10.0 Å². The molecule has 2 aromatic rings. The second-order valence-corrected chi connectivity index (χ2v) is 8.06. The second kappa shape index (κ2) is 11.5.